The summed E-state index contributed by atoms with van der Waals surface area (Å²) in [5, 5.41) is 0.450. The van der Waals surface area contributed by atoms with Gasteiger partial charge in [0, 0.05) is 44.4 Å². The molecule has 3 heterocycles. The highest BCUT2D eigenvalue weighted by molar-refractivity contribution is 7.84. The molecule has 0 saturated heterocycles. The van der Waals surface area contributed by atoms with Crippen molar-refractivity contribution >= 4 is 21.8 Å². The third-order valence-electron chi connectivity index (χ3n) is 4.76. The summed E-state index contributed by atoms with van der Waals surface area (Å²) in [5.74, 6) is 1.90. The van der Waals surface area contributed by atoms with Crippen molar-refractivity contribution in [2.45, 2.75) is 30.7 Å². The minimum Gasteiger partial charge on any atom is -0.493 e. The van der Waals surface area contributed by atoms with Gasteiger partial charge < -0.3 is 19.2 Å². The summed E-state index contributed by atoms with van der Waals surface area (Å²) in [4.78, 5) is 12.1. The van der Waals surface area contributed by atoms with E-state index in [9.17, 15) is 4.21 Å². The van der Waals surface area contributed by atoms with Gasteiger partial charge in [-0.15, -0.1) is 0 Å². The molecular weight excluding hydrogens is 378 g/mol. The molecule has 1 N–H and O–H groups in total. The number of aromatic amines is 1. The molecule has 1 atom stereocenters. The molecule has 0 aliphatic carbocycles. The van der Waals surface area contributed by atoms with Gasteiger partial charge in [0.25, 0.3) is 0 Å². The molecule has 0 unspecified atom stereocenters. The largest absolute Gasteiger partial charge is 0.493 e. The molecule has 0 bridgehead atoms. The van der Waals surface area contributed by atoms with Crippen molar-refractivity contribution < 1.29 is 18.4 Å². The van der Waals surface area contributed by atoms with Gasteiger partial charge in [-0.2, -0.15) is 0 Å². The number of aromatic nitrogens is 3. The molecule has 1 aromatic carbocycles. The number of pyridine rings is 1. The van der Waals surface area contributed by atoms with Gasteiger partial charge in [-0.1, -0.05) is 0 Å². The number of H-pyrrole nitrogens is 1. The second-order valence-corrected chi connectivity index (χ2v) is 8.05. The molecule has 28 heavy (non-hydrogen) atoms. The standard InChI is InChI=1S/C20H23N3O4S/c1-13-17(21-6-4-18(13)26-8-3-7-25-2)12-28(24)20-22-15-10-14-5-9-27-19(14)11-16(15)23-20/h4,6,10-11H,3,5,7-9,12H2,1-2H3,(H,22,23)/t28-/m0/s1. The third kappa shape index (κ3) is 3.88. The molecule has 0 fully saturated rings. The van der Waals surface area contributed by atoms with Gasteiger partial charge in [-0.25, -0.2) is 4.98 Å². The molecule has 8 heteroatoms. The van der Waals surface area contributed by atoms with E-state index in [2.05, 4.69) is 15.0 Å². The van der Waals surface area contributed by atoms with Crippen LogP contribution in [0.15, 0.2) is 29.6 Å². The summed E-state index contributed by atoms with van der Waals surface area (Å²) in [6.45, 7) is 3.86. The van der Waals surface area contributed by atoms with Crippen LogP contribution in [0.4, 0.5) is 0 Å². The van der Waals surface area contributed by atoms with Crippen molar-refractivity contribution in [3.8, 4) is 11.5 Å². The molecule has 0 radical (unpaired) electrons. The fraction of sp³-hybridized carbons (Fsp3) is 0.400. The van der Waals surface area contributed by atoms with Crippen molar-refractivity contribution in [1.29, 1.82) is 0 Å². The average Bonchev–Trinajstić information content (AvgIpc) is 3.31. The first-order valence-electron chi connectivity index (χ1n) is 9.25. The molecule has 2 aromatic heterocycles. The summed E-state index contributed by atoms with van der Waals surface area (Å²) in [6.07, 6.45) is 3.39. The lowest BCUT2D eigenvalue weighted by Crippen LogP contribution is -2.06. The molecule has 0 saturated carbocycles. The number of nitrogens with one attached hydrogen (secondary N) is 1. The van der Waals surface area contributed by atoms with Crippen LogP contribution in [0.25, 0.3) is 11.0 Å². The Morgan fingerprint density at radius 1 is 1.32 bits per heavy atom. The molecule has 0 amide bonds. The van der Waals surface area contributed by atoms with Gasteiger partial charge in [-0.05, 0) is 24.6 Å². The normalized spacial score (nSPS) is 14.1. The van der Waals surface area contributed by atoms with Crippen LogP contribution < -0.4 is 9.47 Å². The summed E-state index contributed by atoms with van der Waals surface area (Å²) >= 11 is 0. The number of nitrogens with zero attached hydrogens (tertiary/aromatic N) is 2. The van der Waals surface area contributed by atoms with Gasteiger partial charge in [0.2, 0.25) is 0 Å². The topological polar surface area (TPSA) is 86.3 Å². The Labute approximate surface area is 165 Å². The zero-order valence-electron chi connectivity index (χ0n) is 16.0. The van der Waals surface area contributed by atoms with E-state index in [1.165, 1.54) is 0 Å². The Kier molecular flexibility index (Phi) is 5.59. The Balaban J connectivity index is 1.50. The Hall–Kier alpha value is -2.45. The Morgan fingerprint density at radius 3 is 3.07 bits per heavy atom. The fourth-order valence-electron chi connectivity index (χ4n) is 3.21. The van der Waals surface area contributed by atoms with Gasteiger partial charge in [-0.3, -0.25) is 9.19 Å². The first-order chi connectivity index (χ1) is 13.7. The molecular formula is C20H23N3O4S. The zero-order valence-corrected chi connectivity index (χ0v) is 16.8. The number of imidazole rings is 1. The van der Waals surface area contributed by atoms with Crippen LogP contribution in [0, 0.1) is 6.92 Å². The molecule has 4 rings (SSSR count). The number of rotatable bonds is 8. The lowest BCUT2D eigenvalue weighted by Gasteiger charge is -2.11. The second-order valence-electron chi connectivity index (χ2n) is 6.68. The van der Waals surface area contributed by atoms with Crippen LogP contribution in [0.2, 0.25) is 0 Å². The highest BCUT2D eigenvalue weighted by Crippen LogP contribution is 2.30. The number of hydrogen-bond acceptors (Lipinski definition) is 6. The maximum Gasteiger partial charge on any atom is 0.197 e. The van der Waals surface area contributed by atoms with Gasteiger partial charge in [0.15, 0.2) is 5.16 Å². The first-order valence-corrected chi connectivity index (χ1v) is 10.6. The quantitative estimate of drug-likeness (QED) is 0.584. The first kappa shape index (κ1) is 18.9. The molecule has 1 aliphatic heterocycles. The fourth-order valence-corrected chi connectivity index (χ4v) is 4.31. The van der Waals surface area contributed by atoms with E-state index in [4.69, 9.17) is 14.2 Å². The van der Waals surface area contributed by atoms with Crippen LogP contribution in [0.5, 0.6) is 11.5 Å². The monoisotopic (exact) mass is 401 g/mol. The predicted octanol–water partition coefficient (Wildman–Crippen LogP) is 2.92. The van der Waals surface area contributed by atoms with Crippen LogP contribution in [-0.2, 0) is 27.7 Å². The van der Waals surface area contributed by atoms with Crippen LogP contribution in [0.1, 0.15) is 23.2 Å². The molecule has 0 spiro atoms. The molecule has 3 aromatic rings. The summed E-state index contributed by atoms with van der Waals surface area (Å²) in [6, 6.07) is 5.77. The summed E-state index contributed by atoms with van der Waals surface area (Å²) in [7, 11) is 0.333. The smallest absolute Gasteiger partial charge is 0.197 e. The van der Waals surface area contributed by atoms with Gasteiger partial charge >= 0.3 is 0 Å². The average molecular weight is 401 g/mol. The minimum absolute atomic E-state index is 0.275. The number of methoxy groups -OCH3 is 1. The van der Waals surface area contributed by atoms with Crippen molar-refractivity contribution in [3.05, 3.63) is 41.2 Å². The zero-order chi connectivity index (χ0) is 19.5. The Morgan fingerprint density at radius 2 is 2.21 bits per heavy atom. The maximum atomic E-state index is 12.9. The lowest BCUT2D eigenvalue weighted by atomic mass is 10.1. The van der Waals surface area contributed by atoms with Crippen molar-refractivity contribution in [2.24, 2.45) is 0 Å². The van der Waals surface area contributed by atoms with E-state index in [-0.39, 0.29) is 5.75 Å². The van der Waals surface area contributed by atoms with E-state index in [1.807, 2.05) is 25.1 Å². The lowest BCUT2D eigenvalue weighted by molar-refractivity contribution is 0.172. The Bertz CT molecular complexity index is 977. The van der Waals surface area contributed by atoms with Crippen molar-refractivity contribution in [1.82, 2.24) is 15.0 Å². The predicted molar refractivity (Wildman–Crippen MR) is 106 cm³/mol. The highest BCUT2D eigenvalue weighted by Gasteiger charge is 2.18. The molecule has 7 nitrogen and oxygen atoms in total. The van der Waals surface area contributed by atoms with Gasteiger partial charge in [0.1, 0.15) is 11.5 Å². The van der Waals surface area contributed by atoms with Crippen molar-refractivity contribution in [3.63, 3.8) is 0 Å². The highest BCUT2D eigenvalue weighted by atomic mass is 32.2. The maximum absolute atomic E-state index is 12.9. The number of benzene rings is 1. The second kappa shape index (κ2) is 8.28. The van der Waals surface area contributed by atoms with Gasteiger partial charge in [0.05, 0.1) is 46.5 Å². The molecule has 1 aliphatic rings. The SMILES string of the molecule is COCCCOc1ccnc(C[S@](=O)c2nc3cc4c(cc3[nH]2)CCO4)c1C. The van der Waals surface area contributed by atoms with E-state index in [0.717, 1.165) is 52.2 Å². The van der Waals surface area contributed by atoms with E-state index in [1.54, 1.807) is 13.3 Å². The minimum atomic E-state index is -1.34. The third-order valence-corrected chi connectivity index (χ3v) is 5.92. The number of hydrogen-bond donors (Lipinski definition) is 1. The summed E-state index contributed by atoms with van der Waals surface area (Å²) < 4.78 is 29.3. The van der Waals surface area contributed by atoms with Crippen LogP contribution in [-0.4, -0.2) is 46.1 Å². The number of fused-ring (bicyclic) bond motifs is 2. The number of ether oxygens (including phenoxy) is 3. The van der Waals surface area contributed by atoms with E-state index in [0.29, 0.717) is 25.0 Å². The van der Waals surface area contributed by atoms with Crippen molar-refractivity contribution in [2.75, 3.05) is 26.9 Å². The molecule has 148 valence electrons. The summed E-state index contributed by atoms with van der Waals surface area (Å²) in [5.41, 5.74) is 4.45. The van der Waals surface area contributed by atoms with E-state index < -0.39 is 10.8 Å². The van der Waals surface area contributed by atoms with E-state index >= 15 is 0 Å². The van der Waals surface area contributed by atoms with Crippen LogP contribution >= 0.6 is 0 Å². The van der Waals surface area contributed by atoms with Crippen LogP contribution in [0.3, 0.4) is 0 Å².